The average Bonchev–Trinajstić information content (AvgIpc) is 2.87. The van der Waals surface area contributed by atoms with Gasteiger partial charge in [0, 0.05) is 13.6 Å². The highest BCUT2D eigenvalue weighted by Gasteiger charge is 2.14. The van der Waals surface area contributed by atoms with E-state index in [1.165, 1.54) is 17.1 Å². The fraction of sp³-hybridized carbons (Fsp3) is 0.300. The number of nitrogens with two attached hydrogens (primary N) is 1. The molecule has 0 spiro atoms. The molecule has 0 aliphatic rings. The number of aromatic nitrogens is 1. The molecule has 0 aromatic carbocycles. The van der Waals surface area contributed by atoms with E-state index in [4.69, 9.17) is 5.73 Å². The lowest BCUT2D eigenvalue weighted by Crippen LogP contribution is -2.15. The van der Waals surface area contributed by atoms with Gasteiger partial charge in [0.15, 0.2) is 5.82 Å². The quantitative estimate of drug-likeness (QED) is 0.868. The monoisotopic (exact) mass is 271 g/mol. The Hall–Kier alpha value is -0.720. The topological polar surface area (TPSA) is 42.1 Å². The maximum Gasteiger partial charge on any atom is 0.153 e. The standard InChI is InChI=1S/C10H13N3S3/c1-13(5-7-3-4-15-6-7)10-8(14-2)9(11)12-16-10/h3-4,6H,5H2,1-2H3,(H2,11,12). The second-order valence-electron chi connectivity index (χ2n) is 3.39. The summed E-state index contributed by atoms with van der Waals surface area (Å²) in [6.45, 7) is 0.901. The fourth-order valence-corrected chi connectivity index (χ4v) is 3.78. The van der Waals surface area contributed by atoms with Gasteiger partial charge in [0.2, 0.25) is 0 Å². The minimum Gasteiger partial charge on any atom is -0.382 e. The largest absolute Gasteiger partial charge is 0.382 e. The van der Waals surface area contributed by atoms with E-state index >= 15 is 0 Å². The Morgan fingerprint density at radius 3 is 3.00 bits per heavy atom. The Balaban J connectivity index is 2.17. The smallest absolute Gasteiger partial charge is 0.153 e. The average molecular weight is 271 g/mol. The molecule has 0 saturated carbocycles. The summed E-state index contributed by atoms with van der Waals surface area (Å²) >= 11 is 4.84. The number of thiophene rings is 1. The van der Waals surface area contributed by atoms with Crippen molar-refractivity contribution in [3.8, 4) is 0 Å². The first-order chi connectivity index (χ1) is 7.72. The van der Waals surface area contributed by atoms with Gasteiger partial charge >= 0.3 is 0 Å². The van der Waals surface area contributed by atoms with Crippen LogP contribution in [0.3, 0.4) is 0 Å². The summed E-state index contributed by atoms with van der Waals surface area (Å²) in [4.78, 5) is 3.28. The first-order valence-electron chi connectivity index (χ1n) is 4.73. The van der Waals surface area contributed by atoms with Crippen molar-refractivity contribution in [3.05, 3.63) is 22.4 Å². The van der Waals surface area contributed by atoms with Gasteiger partial charge in [-0.05, 0) is 40.2 Å². The highest BCUT2D eigenvalue weighted by atomic mass is 32.2. The van der Waals surface area contributed by atoms with Gasteiger partial charge in [-0.15, -0.1) is 11.8 Å². The molecule has 6 heteroatoms. The van der Waals surface area contributed by atoms with Gasteiger partial charge in [0.05, 0.1) is 4.90 Å². The third kappa shape index (κ3) is 2.34. The molecular formula is C10H13N3S3. The summed E-state index contributed by atoms with van der Waals surface area (Å²) < 4.78 is 4.20. The number of hydrogen-bond donors (Lipinski definition) is 1. The lowest BCUT2D eigenvalue weighted by Gasteiger charge is -2.17. The minimum absolute atomic E-state index is 0.643. The Kier molecular flexibility index (Phi) is 3.73. The summed E-state index contributed by atoms with van der Waals surface area (Å²) in [7, 11) is 2.07. The number of thioether (sulfide) groups is 1. The first-order valence-corrected chi connectivity index (χ1v) is 7.67. The second-order valence-corrected chi connectivity index (χ2v) is 5.74. The van der Waals surface area contributed by atoms with Gasteiger partial charge in [0.1, 0.15) is 5.00 Å². The molecule has 2 aromatic rings. The molecule has 86 valence electrons. The molecule has 2 heterocycles. The van der Waals surface area contributed by atoms with Crippen molar-refractivity contribution in [3.63, 3.8) is 0 Å². The molecule has 2 rings (SSSR count). The molecule has 0 saturated heterocycles. The van der Waals surface area contributed by atoms with Crippen LogP contribution in [0.4, 0.5) is 10.8 Å². The van der Waals surface area contributed by atoms with Crippen LogP contribution in [0.1, 0.15) is 5.56 Å². The number of hydrogen-bond acceptors (Lipinski definition) is 6. The lowest BCUT2D eigenvalue weighted by atomic mass is 10.3. The Morgan fingerprint density at radius 1 is 1.56 bits per heavy atom. The van der Waals surface area contributed by atoms with E-state index in [-0.39, 0.29) is 0 Å². The van der Waals surface area contributed by atoms with Crippen molar-refractivity contribution >= 4 is 45.5 Å². The molecule has 0 bridgehead atoms. The SMILES string of the molecule is CSc1c(N)nsc1N(C)Cc1ccsc1. The van der Waals surface area contributed by atoms with E-state index in [9.17, 15) is 0 Å². The van der Waals surface area contributed by atoms with Crippen molar-refractivity contribution in [2.45, 2.75) is 11.4 Å². The molecule has 2 N–H and O–H groups in total. The summed E-state index contributed by atoms with van der Waals surface area (Å²) in [6, 6.07) is 2.14. The number of anilines is 2. The zero-order valence-corrected chi connectivity index (χ0v) is 11.6. The van der Waals surface area contributed by atoms with Crippen LogP contribution >= 0.6 is 34.6 Å². The van der Waals surface area contributed by atoms with Gasteiger partial charge in [-0.3, -0.25) is 0 Å². The van der Waals surface area contributed by atoms with Crippen LogP contribution in [0.25, 0.3) is 0 Å². The molecule has 0 radical (unpaired) electrons. The summed E-state index contributed by atoms with van der Waals surface area (Å²) in [5, 5.41) is 5.41. The Bertz CT molecular complexity index is 450. The molecule has 3 nitrogen and oxygen atoms in total. The molecule has 0 atom stereocenters. The van der Waals surface area contributed by atoms with E-state index in [1.807, 2.05) is 6.26 Å². The van der Waals surface area contributed by atoms with E-state index < -0.39 is 0 Å². The van der Waals surface area contributed by atoms with Gasteiger partial charge < -0.3 is 10.6 Å². The predicted molar refractivity (Wildman–Crippen MR) is 74.7 cm³/mol. The third-order valence-electron chi connectivity index (χ3n) is 2.21. The third-order valence-corrected chi connectivity index (χ3v) is 4.86. The van der Waals surface area contributed by atoms with E-state index in [0.717, 1.165) is 16.4 Å². The van der Waals surface area contributed by atoms with Crippen LogP contribution in [-0.4, -0.2) is 17.7 Å². The van der Waals surface area contributed by atoms with E-state index in [1.54, 1.807) is 23.1 Å². The van der Waals surface area contributed by atoms with Crippen LogP contribution in [-0.2, 0) is 6.54 Å². The van der Waals surface area contributed by atoms with Crippen LogP contribution < -0.4 is 10.6 Å². The van der Waals surface area contributed by atoms with Crippen LogP contribution in [0, 0.1) is 0 Å². The minimum atomic E-state index is 0.643. The predicted octanol–water partition coefficient (Wildman–Crippen LogP) is 3.15. The summed E-state index contributed by atoms with van der Waals surface area (Å²) in [6.07, 6.45) is 2.03. The highest BCUT2D eigenvalue weighted by molar-refractivity contribution is 7.99. The van der Waals surface area contributed by atoms with Gasteiger partial charge in [-0.2, -0.15) is 15.7 Å². The van der Waals surface area contributed by atoms with Crippen molar-refractivity contribution in [2.24, 2.45) is 0 Å². The Morgan fingerprint density at radius 2 is 2.38 bits per heavy atom. The van der Waals surface area contributed by atoms with Gasteiger partial charge in [0.25, 0.3) is 0 Å². The first kappa shape index (κ1) is 11.8. The molecule has 0 unspecified atom stereocenters. The second kappa shape index (κ2) is 5.07. The van der Waals surface area contributed by atoms with Crippen molar-refractivity contribution in [1.29, 1.82) is 0 Å². The molecule has 2 aromatic heterocycles. The van der Waals surface area contributed by atoms with Crippen molar-refractivity contribution < 1.29 is 0 Å². The molecule has 0 fully saturated rings. The summed E-state index contributed by atoms with van der Waals surface area (Å²) in [5.41, 5.74) is 7.14. The molecule has 0 amide bonds. The fourth-order valence-electron chi connectivity index (χ4n) is 1.45. The maximum absolute atomic E-state index is 5.82. The summed E-state index contributed by atoms with van der Waals surface area (Å²) in [5.74, 6) is 0.643. The maximum atomic E-state index is 5.82. The molecule has 0 aliphatic carbocycles. The van der Waals surface area contributed by atoms with E-state index in [2.05, 4.69) is 33.1 Å². The lowest BCUT2D eigenvalue weighted by molar-refractivity contribution is 0.929. The highest BCUT2D eigenvalue weighted by Crippen LogP contribution is 2.37. The number of nitrogen functional groups attached to an aromatic ring is 1. The van der Waals surface area contributed by atoms with Crippen LogP contribution in [0.15, 0.2) is 21.7 Å². The normalized spacial score (nSPS) is 10.6. The number of nitrogens with zero attached hydrogens (tertiary/aromatic N) is 2. The van der Waals surface area contributed by atoms with Crippen LogP contribution in [0.5, 0.6) is 0 Å². The molecule has 16 heavy (non-hydrogen) atoms. The van der Waals surface area contributed by atoms with Gasteiger partial charge in [-0.25, -0.2) is 0 Å². The zero-order chi connectivity index (χ0) is 11.5. The van der Waals surface area contributed by atoms with Crippen molar-refractivity contribution in [2.75, 3.05) is 23.9 Å². The molecule has 0 aliphatic heterocycles. The number of rotatable bonds is 4. The zero-order valence-electron chi connectivity index (χ0n) is 9.14. The molecular weight excluding hydrogens is 258 g/mol. The van der Waals surface area contributed by atoms with Crippen LogP contribution in [0.2, 0.25) is 0 Å². The van der Waals surface area contributed by atoms with E-state index in [0.29, 0.717) is 5.82 Å². The van der Waals surface area contributed by atoms with Gasteiger partial charge in [-0.1, -0.05) is 0 Å². The Labute approximate surface area is 107 Å². The van der Waals surface area contributed by atoms with Crippen molar-refractivity contribution in [1.82, 2.24) is 4.37 Å².